The van der Waals surface area contributed by atoms with Crippen LogP contribution >= 0.6 is 0 Å². The quantitative estimate of drug-likeness (QED) is 0.653. The maximum Gasteiger partial charge on any atom is 0.339 e. The first-order chi connectivity index (χ1) is 12.9. The van der Waals surface area contributed by atoms with Gasteiger partial charge in [0.1, 0.15) is 17.4 Å². The van der Waals surface area contributed by atoms with Crippen LogP contribution in [-0.4, -0.2) is 30.1 Å². The summed E-state index contributed by atoms with van der Waals surface area (Å²) in [6, 6.07) is 4.32. The number of benzene rings is 1. The first-order valence-electron chi connectivity index (χ1n) is 8.99. The van der Waals surface area contributed by atoms with E-state index in [-0.39, 0.29) is 12.8 Å². The number of aliphatic carboxylic acids is 1. The van der Waals surface area contributed by atoms with Crippen molar-refractivity contribution in [1.82, 2.24) is 5.32 Å². The Kier molecular flexibility index (Phi) is 6.98. The minimum Gasteiger partial charge on any atom is -0.497 e. The average molecular weight is 375 g/mol. The maximum absolute atomic E-state index is 12.3. The number of amides is 1. The Morgan fingerprint density at radius 1 is 1.33 bits per heavy atom. The first kappa shape index (κ1) is 20.5. The Hall–Kier alpha value is -2.83. The number of hydrogen-bond donors (Lipinski definition) is 2. The highest BCUT2D eigenvalue weighted by Gasteiger charge is 2.20. The van der Waals surface area contributed by atoms with E-state index in [4.69, 9.17) is 9.15 Å². The number of rotatable bonds is 9. The van der Waals surface area contributed by atoms with Gasteiger partial charge < -0.3 is 19.6 Å². The maximum atomic E-state index is 12.3. The molecule has 0 aliphatic heterocycles. The molecule has 0 saturated carbocycles. The van der Waals surface area contributed by atoms with Gasteiger partial charge in [0.25, 0.3) is 0 Å². The third-order valence-corrected chi connectivity index (χ3v) is 4.58. The zero-order valence-corrected chi connectivity index (χ0v) is 15.8. The van der Waals surface area contributed by atoms with E-state index in [0.29, 0.717) is 29.7 Å². The molecule has 7 heteroatoms. The zero-order chi connectivity index (χ0) is 20.0. The number of ether oxygens (including phenoxy) is 1. The fourth-order valence-corrected chi connectivity index (χ4v) is 2.96. The first-order valence-corrected chi connectivity index (χ1v) is 8.99. The van der Waals surface area contributed by atoms with Crippen molar-refractivity contribution in [3.63, 3.8) is 0 Å². The van der Waals surface area contributed by atoms with Crippen molar-refractivity contribution in [3.05, 3.63) is 39.7 Å². The third kappa shape index (κ3) is 5.09. The van der Waals surface area contributed by atoms with Gasteiger partial charge in [0.05, 0.1) is 7.11 Å². The van der Waals surface area contributed by atoms with Gasteiger partial charge in [0.2, 0.25) is 5.91 Å². The minimum absolute atomic E-state index is 0.0170. The number of methoxy groups -OCH3 is 1. The predicted octanol–water partition coefficient (Wildman–Crippen LogP) is 2.80. The van der Waals surface area contributed by atoms with E-state index in [1.807, 2.05) is 6.92 Å². The molecule has 0 saturated heterocycles. The average Bonchev–Trinajstić information content (AvgIpc) is 2.64. The molecule has 1 aromatic carbocycles. The molecule has 1 heterocycles. The zero-order valence-electron chi connectivity index (χ0n) is 15.8. The Labute approximate surface area is 157 Å². The van der Waals surface area contributed by atoms with E-state index < -0.39 is 23.5 Å². The van der Waals surface area contributed by atoms with Gasteiger partial charge in [-0.15, -0.1) is 0 Å². The molecule has 2 rings (SSSR count). The number of aryl methyl sites for hydroxylation is 1. The molecule has 0 unspecified atom stereocenters. The smallest absolute Gasteiger partial charge is 0.339 e. The highest BCUT2D eigenvalue weighted by atomic mass is 16.5. The predicted molar refractivity (Wildman–Crippen MR) is 101 cm³/mol. The molecule has 7 nitrogen and oxygen atoms in total. The summed E-state index contributed by atoms with van der Waals surface area (Å²) in [6.45, 7) is 3.76. The molecule has 0 spiro atoms. The molecule has 146 valence electrons. The lowest BCUT2D eigenvalue weighted by Gasteiger charge is -2.14. The van der Waals surface area contributed by atoms with Gasteiger partial charge in [-0.2, -0.15) is 0 Å². The van der Waals surface area contributed by atoms with E-state index in [9.17, 15) is 19.5 Å². The molecule has 0 fully saturated rings. The second-order valence-corrected chi connectivity index (χ2v) is 6.46. The molecule has 1 amide bonds. The van der Waals surface area contributed by atoms with Gasteiger partial charge in [-0.1, -0.05) is 19.8 Å². The summed E-state index contributed by atoms with van der Waals surface area (Å²) in [4.78, 5) is 35.7. The lowest BCUT2D eigenvalue weighted by atomic mass is 10.0. The van der Waals surface area contributed by atoms with Crippen molar-refractivity contribution >= 4 is 22.8 Å². The second-order valence-electron chi connectivity index (χ2n) is 6.46. The molecule has 0 radical (unpaired) electrons. The molecule has 0 bridgehead atoms. The summed E-state index contributed by atoms with van der Waals surface area (Å²) in [6.07, 6.45) is 2.15. The normalized spacial score (nSPS) is 12.0. The number of fused-ring (bicyclic) bond motifs is 1. The van der Waals surface area contributed by atoms with E-state index in [1.54, 1.807) is 25.1 Å². The fourth-order valence-electron chi connectivity index (χ4n) is 2.96. The molecule has 1 aromatic heterocycles. The second kappa shape index (κ2) is 9.21. The number of hydrogen-bond acceptors (Lipinski definition) is 5. The number of carboxylic acid groups (broad SMARTS) is 1. The molecule has 1 atom stereocenters. The minimum atomic E-state index is -1.05. The number of carbonyl (C=O) groups excluding carboxylic acids is 1. The molecule has 0 aliphatic carbocycles. The van der Waals surface area contributed by atoms with Crippen molar-refractivity contribution in [2.75, 3.05) is 7.11 Å². The van der Waals surface area contributed by atoms with Crippen LogP contribution in [0.4, 0.5) is 0 Å². The molecule has 2 N–H and O–H groups in total. The van der Waals surface area contributed by atoms with Crippen LogP contribution < -0.4 is 15.7 Å². The van der Waals surface area contributed by atoms with Crippen molar-refractivity contribution in [2.45, 2.75) is 52.0 Å². The lowest BCUT2D eigenvalue weighted by Crippen LogP contribution is -2.40. The summed E-state index contributed by atoms with van der Waals surface area (Å²) in [5.41, 5.74) is 1.10. The summed E-state index contributed by atoms with van der Waals surface area (Å²) >= 11 is 0. The van der Waals surface area contributed by atoms with Crippen LogP contribution in [0.2, 0.25) is 0 Å². The SMILES string of the molecule is CCCC[C@H](NC(=O)CCc1c(C)c2ccc(OC)cc2oc1=O)C(=O)O. The van der Waals surface area contributed by atoms with Crippen LogP contribution in [0.1, 0.15) is 43.7 Å². The van der Waals surface area contributed by atoms with Crippen LogP contribution in [0, 0.1) is 6.92 Å². The van der Waals surface area contributed by atoms with Crippen molar-refractivity contribution in [1.29, 1.82) is 0 Å². The fraction of sp³-hybridized carbons (Fsp3) is 0.450. The number of carbonyl (C=O) groups is 2. The number of carboxylic acids is 1. The Morgan fingerprint density at radius 2 is 2.07 bits per heavy atom. The van der Waals surface area contributed by atoms with Gasteiger partial charge in [0, 0.05) is 23.4 Å². The molecule has 27 heavy (non-hydrogen) atoms. The van der Waals surface area contributed by atoms with Crippen molar-refractivity contribution < 1.29 is 23.8 Å². The van der Waals surface area contributed by atoms with Gasteiger partial charge in [-0.25, -0.2) is 9.59 Å². The Balaban J connectivity index is 2.13. The number of unbranched alkanes of at least 4 members (excludes halogenated alkanes) is 1. The lowest BCUT2D eigenvalue weighted by molar-refractivity contribution is -0.142. The third-order valence-electron chi connectivity index (χ3n) is 4.58. The van der Waals surface area contributed by atoms with E-state index in [2.05, 4.69) is 5.32 Å². The summed E-state index contributed by atoms with van der Waals surface area (Å²) in [7, 11) is 1.53. The number of nitrogens with one attached hydrogen (secondary N) is 1. The van der Waals surface area contributed by atoms with Gasteiger partial charge in [-0.3, -0.25) is 4.79 Å². The van der Waals surface area contributed by atoms with E-state index in [1.165, 1.54) is 7.11 Å². The molecular weight excluding hydrogens is 350 g/mol. The molecule has 2 aromatic rings. The monoisotopic (exact) mass is 375 g/mol. The Morgan fingerprint density at radius 3 is 2.70 bits per heavy atom. The van der Waals surface area contributed by atoms with Crippen LogP contribution in [0.15, 0.2) is 27.4 Å². The van der Waals surface area contributed by atoms with Crippen LogP contribution in [-0.2, 0) is 16.0 Å². The summed E-state index contributed by atoms with van der Waals surface area (Å²) in [5, 5.41) is 12.5. The van der Waals surface area contributed by atoms with E-state index in [0.717, 1.165) is 17.4 Å². The highest BCUT2D eigenvalue weighted by molar-refractivity contribution is 5.84. The summed E-state index contributed by atoms with van der Waals surface area (Å²) in [5.74, 6) is -0.858. The van der Waals surface area contributed by atoms with Crippen LogP contribution in [0.25, 0.3) is 11.0 Å². The molecule has 0 aliphatic rings. The van der Waals surface area contributed by atoms with Crippen molar-refractivity contribution in [3.8, 4) is 5.75 Å². The topological polar surface area (TPSA) is 106 Å². The standard InChI is InChI=1S/C20H25NO6/c1-4-5-6-16(19(23)24)21-18(22)10-9-15-12(2)14-8-7-13(26-3)11-17(14)27-20(15)25/h7-8,11,16H,4-6,9-10H2,1-3H3,(H,21,22)(H,23,24)/t16-/m0/s1. The van der Waals surface area contributed by atoms with Gasteiger partial charge in [0.15, 0.2) is 0 Å². The molecular formula is C20H25NO6. The Bertz CT molecular complexity index is 886. The van der Waals surface area contributed by atoms with Crippen molar-refractivity contribution in [2.24, 2.45) is 0 Å². The van der Waals surface area contributed by atoms with Gasteiger partial charge >= 0.3 is 11.6 Å². The van der Waals surface area contributed by atoms with Crippen LogP contribution in [0.5, 0.6) is 5.75 Å². The van der Waals surface area contributed by atoms with Crippen LogP contribution in [0.3, 0.4) is 0 Å². The van der Waals surface area contributed by atoms with Gasteiger partial charge in [-0.05, 0) is 37.5 Å². The largest absolute Gasteiger partial charge is 0.497 e. The van der Waals surface area contributed by atoms with E-state index >= 15 is 0 Å². The highest BCUT2D eigenvalue weighted by Crippen LogP contribution is 2.24. The summed E-state index contributed by atoms with van der Waals surface area (Å²) < 4.78 is 10.5.